The van der Waals surface area contributed by atoms with Crippen molar-refractivity contribution < 1.29 is 9.90 Å². The van der Waals surface area contributed by atoms with E-state index < -0.39 is 11.9 Å². The Hall–Kier alpha value is -2.48. The number of carboxylic acids is 1. The predicted octanol–water partition coefficient (Wildman–Crippen LogP) is -0.0125. The molecule has 0 bridgehead atoms. The first-order valence-corrected chi connectivity index (χ1v) is 7.15. The minimum atomic E-state index is -0.794. The predicted molar refractivity (Wildman–Crippen MR) is 80.4 cm³/mol. The summed E-state index contributed by atoms with van der Waals surface area (Å²) >= 11 is 0. The Morgan fingerprint density at radius 2 is 2.27 bits per heavy atom. The lowest BCUT2D eigenvalue weighted by Gasteiger charge is -2.22. The zero-order valence-electron chi connectivity index (χ0n) is 12.3. The molecule has 2 N–H and O–H groups in total. The third-order valence-electron chi connectivity index (χ3n) is 3.76. The van der Waals surface area contributed by atoms with Crippen molar-refractivity contribution in [2.45, 2.75) is 0 Å². The van der Waals surface area contributed by atoms with Crippen molar-refractivity contribution in [1.29, 1.82) is 0 Å². The van der Waals surface area contributed by atoms with E-state index >= 15 is 0 Å². The Morgan fingerprint density at radius 3 is 2.91 bits per heavy atom. The van der Waals surface area contributed by atoms with Gasteiger partial charge in [-0.25, -0.2) is 4.98 Å². The average molecular weight is 302 g/mol. The SMILES string of the molecule is Cn1ccnc1-c1ccc(N2CCNC[C@@H](C(=O)O)C2)nn1. The maximum Gasteiger partial charge on any atom is 0.309 e. The first kappa shape index (κ1) is 14.5. The van der Waals surface area contributed by atoms with Crippen molar-refractivity contribution >= 4 is 11.8 Å². The van der Waals surface area contributed by atoms with Crippen LogP contribution in [0.1, 0.15) is 0 Å². The van der Waals surface area contributed by atoms with E-state index in [4.69, 9.17) is 0 Å². The van der Waals surface area contributed by atoms with Crippen LogP contribution in [0.4, 0.5) is 5.82 Å². The van der Waals surface area contributed by atoms with Crippen LogP contribution < -0.4 is 10.2 Å². The van der Waals surface area contributed by atoms with Gasteiger partial charge in [-0.2, -0.15) is 0 Å². The molecule has 0 saturated carbocycles. The summed E-state index contributed by atoms with van der Waals surface area (Å²) in [5.74, 6) is 0.198. The van der Waals surface area contributed by atoms with Crippen LogP contribution in [-0.4, -0.2) is 57.0 Å². The van der Waals surface area contributed by atoms with Crippen molar-refractivity contribution in [3.8, 4) is 11.5 Å². The van der Waals surface area contributed by atoms with E-state index in [9.17, 15) is 9.90 Å². The average Bonchev–Trinajstić information content (AvgIpc) is 2.80. The molecule has 8 heteroatoms. The normalized spacial score (nSPS) is 19.0. The van der Waals surface area contributed by atoms with Crippen molar-refractivity contribution in [2.24, 2.45) is 13.0 Å². The molecule has 22 heavy (non-hydrogen) atoms. The summed E-state index contributed by atoms with van der Waals surface area (Å²) in [6, 6.07) is 3.72. The molecule has 3 heterocycles. The van der Waals surface area contributed by atoms with E-state index in [1.807, 2.05) is 34.8 Å². The van der Waals surface area contributed by atoms with Gasteiger partial charge in [0.2, 0.25) is 0 Å². The van der Waals surface area contributed by atoms with E-state index in [2.05, 4.69) is 20.5 Å². The van der Waals surface area contributed by atoms with E-state index in [0.717, 1.165) is 12.4 Å². The van der Waals surface area contributed by atoms with Gasteiger partial charge in [0, 0.05) is 45.6 Å². The lowest BCUT2D eigenvalue weighted by atomic mass is 10.1. The van der Waals surface area contributed by atoms with E-state index in [1.165, 1.54) is 0 Å². The number of carbonyl (C=O) groups is 1. The van der Waals surface area contributed by atoms with E-state index in [-0.39, 0.29) is 0 Å². The molecule has 1 atom stereocenters. The molecule has 2 aromatic heterocycles. The Labute approximate surface area is 127 Å². The molecule has 116 valence electrons. The van der Waals surface area contributed by atoms with Gasteiger partial charge in [0.15, 0.2) is 11.6 Å². The molecule has 0 spiro atoms. The molecular weight excluding hydrogens is 284 g/mol. The van der Waals surface area contributed by atoms with Gasteiger partial charge in [-0.1, -0.05) is 0 Å². The van der Waals surface area contributed by atoms with Crippen LogP contribution in [0.3, 0.4) is 0 Å². The van der Waals surface area contributed by atoms with Crippen LogP contribution >= 0.6 is 0 Å². The molecule has 0 unspecified atom stereocenters. The van der Waals surface area contributed by atoms with Crippen LogP contribution in [0.5, 0.6) is 0 Å². The zero-order chi connectivity index (χ0) is 15.5. The first-order chi connectivity index (χ1) is 10.6. The highest BCUT2D eigenvalue weighted by Gasteiger charge is 2.24. The lowest BCUT2D eigenvalue weighted by Crippen LogP contribution is -2.34. The molecule has 1 fully saturated rings. The van der Waals surface area contributed by atoms with E-state index in [0.29, 0.717) is 31.1 Å². The van der Waals surface area contributed by atoms with Crippen molar-refractivity contribution in [3.63, 3.8) is 0 Å². The van der Waals surface area contributed by atoms with Crippen LogP contribution in [-0.2, 0) is 11.8 Å². The summed E-state index contributed by atoms with van der Waals surface area (Å²) < 4.78 is 1.87. The lowest BCUT2D eigenvalue weighted by molar-refractivity contribution is -0.141. The third kappa shape index (κ3) is 2.91. The molecule has 0 aromatic carbocycles. The second-order valence-corrected chi connectivity index (χ2v) is 5.32. The zero-order valence-corrected chi connectivity index (χ0v) is 12.3. The number of carboxylic acid groups (broad SMARTS) is 1. The number of aromatic nitrogens is 4. The molecule has 8 nitrogen and oxygen atoms in total. The highest BCUT2D eigenvalue weighted by atomic mass is 16.4. The molecule has 0 aliphatic carbocycles. The summed E-state index contributed by atoms with van der Waals surface area (Å²) in [4.78, 5) is 17.4. The number of aliphatic carboxylic acids is 1. The molecule has 0 amide bonds. The number of imidazole rings is 1. The second kappa shape index (κ2) is 6.10. The Bertz CT molecular complexity index is 654. The quantitative estimate of drug-likeness (QED) is 0.823. The fourth-order valence-corrected chi connectivity index (χ4v) is 2.51. The van der Waals surface area contributed by atoms with Gasteiger partial charge in [-0.05, 0) is 12.1 Å². The summed E-state index contributed by atoms with van der Waals surface area (Å²) in [5, 5.41) is 20.8. The summed E-state index contributed by atoms with van der Waals surface area (Å²) in [5.41, 5.74) is 0.694. The van der Waals surface area contributed by atoms with Crippen molar-refractivity contribution in [1.82, 2.24) is 25.1 Å². The summed E-state index contributed by atoms with van der Waals surface area (Å²) in [7, 11) is 1.90. The number of aryl methyl sites for hydroxylation is 1. The number of nitrogens with one attached hydrogen (secondary N) is 1. The van der Waals surface area contributed by atoms with E-state index in [1.54, 1.807) is 6.20 Å². The minimum absolute atomic E-state index is 0.429. The fraction of sp³-hybridized carbons (Fsp3) is 0.429. The third-order valence-corrected chi connectivity index (χ3v) is 3.76. The first-order valence-electron chi connectivity index (χ1n) is 7.15. The number of nitrogens with zero attached hydrogens (tertiary/aromatic N) is 5. The van der Waals surface area contributed by atoms with Gasteiger partial charge in [-0.15, -0.1) is 10.2 Å². The molecular formula is C14H18N6O2. The number of hydrogen-bond acceptors (Lipinski definition) is 6. The number of anilines is 1. The standard InChI is InChI=1S/C14H18N6O2/c1-19-6-5-16-13(19)11-2-3-12(18-17-11)20-7-4-15-8-10(9-20)14(21)22/h2-3,5-6,10,15H,4,7-9H2,1H3,(H,21,22)/t10-/m1/s1. The van der Waals surface area contributed by atoms with Gasteiger partial charge in [0.25, 0.3) is 0 Å². The van der Waals surface area contributed by atoms with Gasteiger partial charge in [-0.3, -0.25) is 4.79 Å². The smallest absolute Gasteiger partial charge is 0.309 e. The Balaban J connectivity index is 1.80. The van der Waals surface area contributed by atoms with Crippen molar-refractivity contribution in [3.05, 3.63) is 24.5 Å². The topological polar surface area (TPSA) is 96.2 Å². The van der Waals surface area contributed by atoms with Crippen molar-refractivity contribution in [2.75, 3.05) is 31.1 Å². The second-order valence-electron chi connectivity index (χ2n) is 5.32. The highest BCUT2D eigenvalue weighted by Crippen LogP contribution is 2.18. The number of hydrogen-bond donors (Lipinski definition) is 2. The molecule has 1 aliphatic heterocycles. The Kier molecular flexibility index (Phi) is 4.01. The van der Waals surface area contributed by atoms with Gasteiger partial charge < -0.3 is 19.9 Å². The molecule has 0 radical (unpaired) electrons. The van der Waals surface area contributed by atoms with Crippen LogP contribution in [0.25, 0.3) is 11.5 Å². The monoisotopic (exact) mass is 302 g/mol. The number of rotatable bonds is 3. The van der Waals surface area contributed by atoms with Gasteiger partial charge in [0.1, 0.15) is 5.69 Å². The minimum Gasteiger partial charge on any atom is -0.481 e. The van der Waals surface area contributed by atoms with Crippen LogP contribution in [0.15, 0.2) is 24.5 Å². The van der Waals surface area contributed by atoms with Crippen LogP contribution in [0, 0.1) is 5.92 Å². The van der Waals surface area contributed by atoms with Crippen LogP contribution in [0.2, 0.25) is 0 Å². The molecule has 1 aliphatic rings. The highest BCUT2D eigenvalue weighted by molar-refractivity contribution is 5.71. The fourth-order valence-electron chi connectivity index (χ4n) is 2.51. The molecule has 1 saturated heterocycles. The maximum absolute atomic E-state index is 11.2. The van der Waals surface area contributed by atoms with Gasteiger partial charge >= 0.3 is 5.97 Å². The maximum atomic E-state index is 11.2. The van der Waals surface area contributed by atoms with Gasteiger partial charge in [0.05, 0.1) is 5.92 Å². The molecule has 2 aromatic rings. The molecule has 3 rings (SSSR count). The Morgan fingerprint density at radius 1 is 1.41 bits per heavy atom. The summed E-state index contributed by atoms with van der Waals surface area (Å²) in [6.07, 6.45) is 3.56. The largest absolute Gasteiger partial charge is 0.481 e. The summed E-state index contributed by atoms with van der Waals surface area (Å²) in [6.45, 7) is 2.34.